The van der Waals surface area contributed by atoms with Crippen LogP contribution in [0.4, 0.5) is 13.6 Å². The second-order valence-corrected chi connectivity index (χ2v) is 14.1. The lowest BCUT2D eigenvalue weighted by Gasteiger charge is -2.60. The number of ketones is 1. The van der Waals surface area contributed by atoms with Crippen LogP contribution < -0.4 is 21.3 Å². The van der Waals surface area contributed by atoms with Gasteiger partial charge in [0.05, 0.1) is 18.4 Å². The van der Waals surface area contributed by atoms with E-state index in [1.807, 2.05) is 6.92 Å². The Balaban J connectivity index is 1.41. The molecule has 12 atom stereocenters. The summed E-state index contributed by atoms with van der Waals surface area (Å²) in [5.74, 6) is -1.50. The average Bonchev–Trinajstić information content (AvgIpc) is 2.99. The lowest BCUT2D eigenvalue weighted by atomic mass is 9.71. The Hall–Kier alpha value is -2.57. The number of carbonyl (C=O) groups is 3. The minimum atomic E-state index is -1.32. The minimum absolute atomic E-state index is 0.0572. The third-order valence-electron chi connectivity index (χ3n) is 11.3. The van der Waals surface area contributed by atoms with Crippen LogP contribution in [0, 0.1) is 23.7 Å². The van der Waals surface area contributed by atoms with E-state index >= 15 is 8.78 Å². The molecule has 11 unspecified atom stereocenters. The van der Waals surface area contributed by atoms with Gasteiger partial charge >= 0.3 is 6.03 Å². The average molecular weight is 618 g/mol. The van der Waals surface area contributed by atoms with Crippen LogP contribution in [0.2, 0.25) is 0 Å². The first-order valence-electron chi connectivity index (χ1n) is 16.6. The maximum atomic E-state index is 16.5. The Morgan fingerprint density at radius 3 is 2.64 bits per heavy atom. The number of nitrogens with one attached hydrogen (secondary N) is 4. The molecule has 0 aromatic carbocycles. The van der Waals surface area contributed by atoms with Gasteiger partial charge in [-0.05, 0) is 63.6 Å². The molecular weight excluding hydrogens is 568 g/mol. The molecule has 3 amide bonds. The van der Waals surface area contributed by atoms with Gasteiger partial charge in [-0.25, -0.2) is 13.6 Å². The summed E-state index contributed by atoms with van der Waals surface area (Å²) < 4.78 is 32.3. The predicted octanol–water partition coefficient (Wildman–Crippen LogP) is 1.89. The molecule has 0 aromatic rings. The summed E-state index contributed by atoms with van der Waals surface area (Å²) in [6, 6.07) is -2.12. The van der Waals surface area contributed by atoms with Crippen LogP contribution in [0.3, 0.4) is 0 Å². The molecule has 10 nitrogen and oxygen atoms in total. The fraction of sp³-hybridized carbons (Fsp3) is 0.781. The Morgan fingerprint density at radius 2 is 1.91 bits per heavy atom. The molecule has 0 aromatic heterocycles. The summed E-state index contributed by atoms with van der Waals surface area (Å²) >= 11 is 0. The van der Waals surface area contributed by atoms with E-state index in [-0.39, 0.29) is 54.1 Å². The van der Waals surface area contributed by atoms with Crippen molar-refractivity contribution in [1.29, 1.82) is 0 Å². The van der Waals surface area contributed by atoms with Gasteiger partial charge in [0.15, 0.2) is 5.78 Å². The molecule has 5 heterocycles. The minimum Gasteiger partial charge on any atom is -0.388 e. The molecule has 244 valence electrons. The lowest BCUT2D eigenvalue weighted by Crippen LogP contribution is -2.80. The Labute approximate surface area is 259 Å². The van der Waals surface area contributed by atoms with Gasteiger partial charge in [-0.3, -0.25) is 19.8 Å². The van der Waals surface area contributed by atoms with Crippen molar-refractivity contribution in [3.8, 4) is 0 Å². The fourth-order valence-electron chi connectivity index (χ4n) is 9.17. The van der Waals surface area contributed by atoms with Gasteiger partial charge in [-0.15, -0.1) is 0 Å². The molecule has 1 aliphatic carbocycles. The van der Waals surface area contributed by atoms with Crippen molar-refractivity contribution in [2.45, 2.75) is 108 Å². The number of halogens is 2. The number of piperazine rings is 1. The van der Waals surface area contributed by atoms with E-state index in [4.69, 9.17) is 0 Å². The molecule has 6 aliphatic rings. The number of alkyl halides is 2. The molecule has 44 heavy (non-hydrogen) atoms. The molecule has 5 fully saturated rings. The number of allylic oxidation sites excluding steroid dienone is 1. The van der Waals surface area contributed by atoms with Crippen molar-refractivity contribution < 1.29 is 23.2 Å². The second-order valence-electron chi connectivity index (χ2n) is 14.1. The Kier molecular flexibility index (Phi) is 9.05. The molecule has 4 N–H and O–H groups in total. The molecule has 0 radical (unpaired) electrons. The highest BCUT2D eigenvalue weighted by atomic mass is 19.1. The van der Waals surface area contributed by atoms with E-state index in [9.17, 15) is 14.4 Å². The van der Waals surface area contributed by atoms with Gasteiger partial charge in [0.2, 0.25) is 5.91 Å². The van der Waals surface area contributed by atoms with Crippen molar-refractivity contribution in [1.82, 2.24) is 36.0 Å². The number of fused-ring (bicyclic) bond motifs is 5. The monoisotopic (exact) mass is 617 g/mol. The highest BCUT2D eigenvalue weighted by Gasteiger charge is 2.58. The molecular formula is C32H49F2N7O3. The van der Waals surface area contributed by atoms with E-state index in [1.165, 1.54) is 6.08 Å². The zero-order valence-electron chi connectivity index (χ0n) is 26.1. The predicted molar refractivity (Wildman–Crippen MR) is 163 cm³/mol. The summed E-state index contributed by atoms with van der Waals surface area (Å²) in [7, 11) is 0. The number of hydrogen-bond donors (Lipinski definition) is 4. The number of hydrogen-bond acceptors (Lipinski definition) is 7. The van der Waals surface area contributed by atoms with Crippen LogP contribution in [0.25, 0.3) is 0 Å². The van der Waals surface area contributed by atoms with Gasteiger partial charge in [0, 0.05) is 67.8 Å². The molecule has 1 saturated carbocycles. The highest BCUT2D eigenvalue weighted by molar-refractivity contribution is 5.93. The zero-order chi connectivity index (χ0) is 31.3. The number of urea groups is 1. The molecule has 5 aliphatic heterocycles. The fourth-order valence-corrected chi connectivity index (χ4v) is 9.17. The SMILES string of the molecule is C=CC(=O)N1CCN(C2NC(=O)N3C4NC(C(F)CC42)C2C(F)CCCC2NC=CC(=O)C2CCNC(C(C)C)C23)[C@@H](C)C1. The van der Waals surface area contributed by atoms with Crippen LogP contribution in [0.15, 0.2) is 24.9 Å². The van der Waals surface area contributed by atoms with Gasteiger partial charge in [-0.2, -0.15) is 0 Å². The highest BCUT2D eigenvalue weighted by Crippen LogP contribution is 2.42. The largest absolute Gasteiger partial charge is 0.388 e. The molecule has 6 rings (SSSR count). The second kappa shape index (κ2) is 12.7. The van der Waals surface area contributed by atoms with Crippen molar-refractivity contribution in [2.24, 2.45) is 23.7 Å². The van der Waals surface area contributed by atoms with E-state index in [2.05, 4.69) is 46.6 Å². The number of piperidine rings is 2. The summed E-state index contributed by atoms with van der Waals surface area (Å²) in [5, 5.41) is 13.7. The van der Waals surface area contributed by atoms with E-state index in [1.54, 1.807) is 22.1 Å². The summed E-state index contributed by atoms with van der Waals surface area (Å²) in [4.78, 5) is 46.3. The number of amides is 3. The van der Waals surface area contributed by atoms with Gasteiger partial charge in [-0.1, -0.05) is 20.4 Å². The van der Waals surface area contributed by atoms with Crippen LogP contribution in [0.5, 0.6) is 0 Å². The van der Waals surface area contributed by atoms with Gasteiger partial charge < -0.3 is 25.8 Å². The van der Waals surface area contributed by atoms with Crippen molar-refractivity contribution >= 4 is 17.7 Å². The standard InChI is InChI=1S/C32H49F2N7O3/c1-5-25(43)39-13-14-40(18(4)16-39)30-20-15-22(34)28-26-21(33)7-6-8-23(26)35-12-10-24(42)19-9-11-36-27(17(2)3)29(19)41(31(20)37-28)32(44)38-30/h5,10,12,17-23,26-31,35-37H,1,6-9,11,13-16H2,2-4H3,(H,38,44)/t18-,19?,20?,21?,22?,23?,26?,27?,28?,29?,30?,31?/m0/s1. The lowest BCUT2D eigenvalue weighted by molar-refractivity contribution is -0.134. The molecule has 4 saturated heterocycles. The topological polar surface area (TPSA) is 109 Å². The van der Waals surface area contributed by atoms with Gasteiger partial charge in [0.25, 0.3) is 0 Å². The quantitative estimate of drug-likeness (QED) is 0.359. The maximum Gasteiger partial charge on any atom is 0.320 e. The van der Waals surface area contributed by atoms with Crippen molar-refractivity contribution in [3.05, 3.63) is 24.9 Å². The van der Waals surface area contributed by atoms with E-state index in [0.29, 0.717) is 51.9 Å². The zero-order valence-corrected chi connectivity index (χ0v) is 26.1. The molecule has 0 spiro atoms. The molecule has 2 bridgehead atoms. The third kappa shape index (κ3) is 5.55. The number of carbonyl (C=O) groups excluding carboxylic acids is 3. The van der Waals surface area contributed by atoms with Crippen LogP contribution in [-0.2, 0) is 9.59 Å². The first-order valence-corrected chi connectivity index (χ1v) is 16.6. The van der Waals surface area contributed by atoms with Gasteiger partial charge in [0.1, 0.15) is 12.3 Å². The smallest absolute Gasteiger partial charge is 0.320 e. The summed E-state index contributed by atoms with van der Waals surface area (Å²) in [5.41, 5.74) is 0. The maximum absolute atomic E-state index is 16.5. The summed E-state index contributed by atoms with van der Waals surface area (Å²) in [6.07, 6.45) is 3.36. The van der Waals surface area contributed by atoms with Crippen molar-refractivity contribution in [3.63, 3.8) is 0 Å². The van der Waals surface area contributed by atoms with E-state index in [0.717, 1.165) is 0 Å². The Morgan fingerprint density at radius 1 is 1.11 bits per heavy atom. The number of rotatable bonds is 3. The third-order valence-corrected chi connectivity index (χ3v) is 11.3. The molecule has 12 heteroatoms. The van der Waals surface area contributed by atoms with Crippen LogP contribution in [0.1, 0.15) is 52.9 Å². The first kappa shape index (κ1) is 31.4. The van der Waals surface area contributed by atoms with E-state index < -0.39 is 48.6 Å². The summed E-state index contributed by atoms with van der Waals surface area (Å²) in [6.45, 7) is 11.9. The van der Waals surface area contributed by atoms with Crippen LogP contribution >= 0.6 is 0 Å². The van der Waals surface area contributed by atoms with Crippen LogP contribution in [-0.4, -0.2) is 113 Å². The number of nitrogens with zero attached hydrogens (tertiary/aromatic N) is 3. The first-order chi connectivity index (χ1) is 21.1. The normalized spacial score (nSPS) is 43.1. The Bertz CT molecular complexity index is 1150. The van der Waals surface area contributed by atoms with Crippen molar-refractivity contribution in [2.75, 3.05) is 26.2 Å².